The molecule has 2 aromatic carbocycles. The van der Waals surface area contributed by atoms with Gasteiger partial charge in [0.1, 0.15) is 47.6 Å². The fourth-order valence-electron chi connectivity index (χ4n) is 4.94. The summed E-state index contributed by atoms with van der Waals surface area (Å²) in [4.78, 5) is 58.4. The third-order valence-corrected chi connectivity index (χ3v) is 8.23. The second-order valence-corrected chi connectivity index (χ2v) is 11.7. The number of aldehydes is 2. The molecule has 51 heavy (non-hydrogen) atoms. The van der Waals surface area contributed by atoms with Gasteiger partial charge in [0.25, 0.3) is 0 Å². The zero-order valence-electron chi connectivity index (χ0n) is 27.5. The van der Waals surface area contributed by atoms with Gasteiger partial charge in [0.2, 0.25) is 0 Å². The number of benzene rings is 2. The van der Waals surface area contributed by atoms with Crippen LogP contribution in [0.4, 0.5) is 0 Å². The van der Waals surface area contributed by atoms with Crippen molar-refractivity contribution in [3.63, 3.8) is 0 Å². The van der Waals surface area contributed by atoms with E-state index in [1.165, 1.54) is 26.0 Å². The van der Waals surface area contributed by atoms with Crippen LogP contribution < -0.4 is 9.47 Å². The summed E-state index contributed by atoms with van der Waals surface area (Å²) in [5.41, 5.74) is 5.49. The van der Waals surface area contributed by atoms with Crippen molar-refractivity contribution in [3.8, 4) is 45.3 Å². The SMILES string of the molecule is CC(=O)c1ccc(-c2ccncc2)c(COc2cccc(O)c2C=O)n1.CC(=O)c1ccc(-c2ccsc2)c(COc2cccc(O)c2C=O)n1. The Kier molecular flexibility index (Phi) is 11.7. The van der Waals surface area contributed by atoms with Gasteiger partial charge in [-0.2, -0.15) is 11.3 Å². The molecule has 4 aromatic heterocycles. The third-order valence-electron chi connectivity index (χ3n) is 7.54. The maximum absolute atomic E-state index is 11.7. The van der Waals surface area contributed by atoms with Crippen LogP contribution >= 0.6 is 11.3 Å². The highest BCUT2D eigenvalue weighted by atomic mass is 32.1. The topological polar surface area (TPSA) is 166 Å². The van der Waals surface area contributed by atoms with Gasteiger partial charge in [-0.3, -0.25) is 24.2 Å². The van der Waals surface area contributed by atoms with Gasteiger partial charge >= 0.3 is 0 Å². The Morgan fingerprint density at radius 3 is 1.59 bits per heavy atom. The molecule has 0 aliphatic heterocycles. The van der Waals surface area contributed by atoms with E-state index in [9.17, 15) is 29.4 Å². The summed E-state index contributed by atoms with van der Waals surface area (Å²) in [6.45, 7) is 3.00. The largest absolute Gasteiger partial charge is 0.507 e. The highest BCUT2D eigenvalue weighted by molar-refractivity contribution is 7.08. The smallest absolute Gasteiger partial charge is 0.178 e. The molecule has 12 heteroatoms. The molecule has 0 aliphatic rings. The Morgan fingerprint density at radius 2 is 1.16 bits per heavy atom. The number of nitrogens with zero attached hydrogens (tertiary/aromatic N) is 3. The van der Waals surface area contributed by atoms with Crippen LogP contribution in [-0.2, 0) is 13.2 Å². The molecule has 0 fully saturated rings. The molecule has 0 aliphatic carbocycles. The highest BCUT2D eigenvalue weighted by Crippen LogP contribution is 2.30. The number of pyridine rings is 3. The van der Waals surface area contributed by atoms with Crippen LogP contribution in [0.1, 0.15) is 66.9 Å². The van der Waals surface area contributed by atoms with Crippen LogP contribution in [0.5, 0.6) is 23.0 Å². The number of phenolic OH excluding ortho intramolecular Hbond substituents is 2. The van der Waals surface area contributed by atoms with Gasteiger partial charge in [0.05, 0.1) is 22.5 Å². The Balaban J connectivity index is 0.000000198. The van der Waals surface area contributed by atoms with Gasteiger partial charge in [-0.15, -0.1) is 0 Å². The molecule has 0 saturated carbocycles. The summed E-state index contributed by atoms with van der Waals surface area (Å²) in [6.07, 6.45) is 4.41. The number of thiophene rings is 1. The number of aromatic nitrogens is 3. The molecule has 0 atom stereocenters. The minimum Gasteiger partial charge on any atom is -0.507 e. The van der Waals surface area contributed by atoms with E-state index < -0.39 is 0 Å². The van der Waals surface area contributed by atoms with E-state index in [1.54, 1.807) is 66.2 Å². The van der Waals surface area contributed by atoms with Crippen LogP contribution in [0.25, 0.3) is 22.3 Å². The number of carbonyl (C=O) groups excluding carboxylic acids is 4. The number of ketones is 2. The monoisotopic (exact) mass is 701 g/mol. The van der Waals surface area contributed by atoms with Gasteiger partial charge in [0.15, 0.2) is 24.1 Å². The van der Waals surface area contributed by atoms with Crippen molar-refractivity contribution in [2.45, 2.75) is 27.1 Å². The van der Waals surface area contributed by atoms with Gasteiger partial charge in [0, 0.05) is 37.4 Å². The number of carbonyl (C=O) groups is 4. The van der Waals surface area contributed by atoms with E-state index in [1.807, 2.05) is 35.0 Å². The number of hydrogen-bond acceptors (Lipinski definition) is 12. The average Bonchev–Trinajstić information content (AvgIpc) is 3.68. The normalized spacial score (nSPS) is 10.4. The van der Waals surface area contributed by atoms with Gasteiger partial charge in [-0.05, 0) is 76.5 Å². The standard InChI is InChI=1S/C20H16N2O4.C19H15NO4S/c1-13(24)17-6-5-15(14-7-9-21-10-8-14)18(22-17)12-26-20-4-2-3-19(25)16(20)11-23;1-12(22)16-6-5-14(13-7-8-25-11-13)17(20-16)10-24-19-4-2-3-18(23)15(19)9-21/h2-11,25H,12H2,1H3;2-9,11,23H,10H2,1H3. The fourth-order valence-corrected chi connectivity index (χ4v) is 5.59. The summed E-state index contributed by atoms with van der Waals surface area (Å²) in [5.74, 6) is -0.0761. The fraction of sp³-hybridized carbons (Fsp3) is 0.103. The lowest BCUT2D eigenvalue weighted by Gasteiger charge is -2.13. The number of phenols is 2. The lowest BCUT2D eigenvalue weighted by atomic mass is 10.0. The van der Waals surface area contributed by atoms with Gasteiger partial charge in [-0.25, -0.2) is 9.97 Å². The molecule has 0 spiro atoms. The van der Waals surface area contributed by atoms with Crippen LogP contribution in [0.15, 0.2) is 102 Å². The molecule has 2 N–H and O–H groups in total. The Labute approximate surface area is 296 Å². The summed E-state index contributed by atoms with van der Waals surface area (Å²) < 4.78 is 11.4. The Bertz CT molecular complexity index is 2190. The summed E-state index contributed by atoms with van der Waals surface area (Å²) in [5, 5.41) is 23.4. The first kappa shape index (κ1) is 35.8. The van der Waals surface area contributed by atoms with E-state index >= 15 is 0 Å². The first-order valence-electron chi connectivity index (χ1n) is 15.4. The van der Waals surface area contributed by atoms with Crippen molar-refractivity contribution in [2.24, 2.45) is 0 Å². The van der Waals surface area contributed by atoms with Gasteiger partial charge in [-0.1, -0.05) is 24.3 Å². The zero-order valence-corrected chi connectivity index (χ0v) is 28.3. The predicted molar refractivity (Wildman–Crippen MR) is 191 cm³/mol. The minimum atomic E-state index is -0.155. The first-order valence-corrected chi connectivity index (χ1v) is 16.4. The van der Waals surface area contributed by atoms with Crippen LogP contribution in [0.2, 0.25) is 0 Å². The maximum atomic E-state index is 11.7. The van der Waals surface area contributed by atoms with Crippen molar-refractivity contribution in [1.29, 1.82) is 0 Å². The molecule has 0 saturated heterocycles. The van der Waals surface area contributed by atoms with Crippen molar-refractivity contribution in [3.05, 3.63) is 136 Å². The molecule has 256 valence electrons. The number of hydrogen-bond donors (Lipinski definition) is 2. The molecule has 6 aromatic rings. The lowest BCUT2D eigenvalue weighted by Crippen LogP contribution is -2.06. The number of rotatable bonds is 12. The molecule has 0 radical (unpaired) electrons. The number of ether oxygens (including phenoxy) is 2. The molecule has 4 heterocycles. The average molecular weight is 702 g/mol. The highest BCUT2D eigenvalue weighted by Gasteiger charge is 2.15. The summed E-state index contributed by atoms with van der Waals surface area (Å²) in [7, 11) is 0. The van der Waals surface area contributed by atoms with E-state index in [-0.39, 0.29) is 58.9 Å². The first-order chi connectivity index (χ1) is 24.7. The zero-order chi connectivity index (χ0) is 36.3. The summed E-state index contributed by atoms with van der Waals surface area (Å²) >= 11 is 1.56. The van der Waals surface area contributed by atoms with E-state index in [0.717, 1.165) is 22.3 Å². The second-order valence-electron chi connectivity index (χ2n) is 10.9. The molecule has 0 unspecified atom stereocenters. The quantitative estimate of drug-likeness (QED) is 0.0955. The van der Waals surface area contributed by atoms with Crippen molar-refractivity contribution >= 4 is 35.5 Å². The van der Waals surface area contributed by atoms with Crippen LogP contribution in [-0.4, -0.2) is 49.3 Å². The van der Waals surface area contributed by atoms with Crippen molar-refractivity contribution in [2.75, 3.05) is 0 Å². The molecule has 11 nitrogen and oxygen atoms in total. The van der Waals surface area contributed by atoms with E-state index in [0.29, 0.717) is 35.3 Å². The summed E-state index contributed by atoms with van der Waals surface area (Å²) in [6, 6.07) is 21.8. The van der Waals surface area contributed by atoms with Crippen LogP contribution in [0.3, 0.4) is 0 Å². The second kappa shape index (κ2) is 16.7. The molecule has 0 amide bonds. The van der Waals surface area contributed by atoms with Crippen molar-refractivity contribution in [1.82, 2.24) is 15.0 Å². The van der Waals surface area contributed by atoms with E-state index in [4.69, 9.17) is 9.47 Å². The minimum absolute atomic E-state index is 0.0308. The Morgan fingerprint density at radius 1 is 0.667 bits per heavy atom. The van der Waals surface area contributed by atoms with Crippen molar-refractivity contribution < 1.29 is 38.9 Å². The third kappa shape index (κ3) is 8.74. The maximum Gasteiger partial charge on any atom is 0.178 e. The Hall–Kier alpha value is -6.53. The number of aromatic hydroxyl groups is 2. The van der Waals surface area contributed by atoms with E-state index in [2.05, 4.69) is 15.0 Å². The number of Topliss-reactive ketones (excluding diaryl/α,β-unsaturated/α-hetero) is 2. The molecular weight excluding hydrogens is 671 g/mol. The molecule has 0 bridgehead atoms. The van der Waals surface area contributed by atoms with Gasteiger partial charge < -0.3 is 19.7 Å². The van der Waals surface area contributed by atoms with Crippen LogP contribution in [0, 0.1) is 0 Å². The predicted octanol–water partition coefficient (Wildman–Crippen LogP) is 7.55. The lowest BCUT2D eigenvalue weighted by molar-refractivity contribution is 0.1000. The molecular formula is C39H31N3O8S. The molecule has 6 rings (SSSR count).